The van der Waals surface area contributed by atoms with E-state index >= 15 is 0 Å². The second-order valence-electron chi connectivity index (χ2n) is 6.12. The maximum Gasteiger partial charge on any atom is 0.337 e. The predicted molar refractivity (Wildman–Crippen MR) is 109 cm³/mol. The maximum atomic E-state index is 12.5. The summed E-state index contributed by atoms with van der Waals surface area (Å²) in [6.45, 7) is -0.00341. The molecule has 1 amide bonds. The Balaban J connectivity index is 1.77. The third-order valence-electron chi connectivity index (χ3n) is 4.20. The third kappa shape index (κ3) is 4.82. The summed E-state index contributed by atoms with van der Waals surface area (Å²) in [5.41, 5.74) is 0.911. The smallest absolute Gasteiger partial charge is 0.337 e. The molecule has 0 saturated carbocycles. The van der Waals surface area contributed by atoms with Crippen molar-refractivity contribution in [2.45, 2.75) is 0 Å². The van der Waals surface area contributed by atoms with Gasteiger partial charge in [-0.15, -0.1) is 0 Å². The van der Waals surface area contributed by atoms with E-state index in [4.69, 9.17) is 37.8 Å². The lowest BCUT2D eigenvalue weighted by atomic mass is 10.2. The number of methoxy groups -OCH3 is 1. The number of rotatable bonds is 7. The van der Waals surface area contributed by atoms with Crippen molar-refractivity contribution in [2.75, 3.05) is 32.1 Å². The Labute approximate surface area is 177 Å². The predicted octanol–water partition coefficient (Wildman–Crippen LogP) is 3.46. The van der Waals surface area contributed by atoms with Gasteiger partial charge in [-0.3, -0.25) is 4.79 Å². The number of hydrogen-bond acceptors (Lipinski definition) is 6. The van der Waals surface area contributed by atoms with Crippen LogP contribution in [0.3, 0.4) is 0 Å². The molecule has 3 rings (SSSR count). The quantitative estimate of drug-likeness (QED) is 0.646. The van der Waals surface area contributed by atoms with Gasteiger partial charge in [0.15, 0.2) is 0 Å². The normalized spacial score (nSPS) is 13.7. The van der Waals surface area contributed by atoms with Crippen molar-refractivity contribution in [3.63, 3.8) is 0 Å². The number of ether oxygens (including phenoxy) is 2. The number of aliphatic hydroxyl groups is 1. The average Bonchev–Trinajstić information content (AvgIpc) is 3.01. The highest BCUT2D eigenvalue weighted by molar-refractivity contribution is 6.35. The zero-order chi connectivity index (χ0) is 21.0. The van der Waals surface area contributed by atoms with E-state index in [2.05, 4.69) is 5.32 Å². The number of halogens is 2. The van der Waals surface area contributed by atoms with E-state index in [0.717, 1.165) is 0 Å². The van der Waals surface area contributed by atoms with Crippen molar-refractivity contribution in [3.05, 3.63) is 63.8 Å². The van der Waals surface area contributed by atoms with Gasteiger partial charge in [0.1, 0.15) is 17.2 Å². The molecule has 2 N–H and O–H groups in total. The number of aliphatic hydroxyl groups excluding tert-OH is 1. The Hall–Kier alpha value is -2.74. The first-order valence-corrected chi connectivity index (χ1v) is 9.40. The van der Waals surface area contributed by atoms with E-state index in [9.17, 15) is 9.59 Å². The van der Waals surface area contributed by atoms with Crippen LogP contribution in [0.15, 0.2) is 53.7 Å². The van der Waals surface area contributed by atoms with E-state index < -0.39 is 5.97 Å². The van der Waals surface area contributed by atoms with E-state index in [1.807, 2.05) is 0 Å². The number of amides is 1. The molecule has 2 aromatic rings. The zero-order valence-corrected chi connectivity index (χ0v) is 17.0. The van der Waals surface area contributed by atoms with Gasteiger partial charge in [-0.05, 0) is 42.5 Å². The highest BCUT2D eigenvalue weighted by atomic mass is 35.5. The Morgan fingerprint density at radius 2 is 1.93 bits per heavy atom. The summed E-state index contributed by atoms with van der Waals surface area (Å²) in [4.78, 5) is 25.9. The molecule has 0 unspecified atom stereocenters. The number of β-amino-alcohol motifs (C(OH)–C–C–N with tert-alkyl or cyclic N) is 1. The van der Waals surface area contributed by atoms with Gasteiger partial charge in [0.2, 0.25) is 0 Å². The number of nitrogens with zero attached hydrogens (tertiary/aromatic N) is 1. The molecule has 1 aliphatic heterocycles. The third-order valence-corrected chi connectivity index (χ3v) is 4.73. The Morgan fingerprint density at radius 3 is 2.55 bits per heavy atom. The van der Waals surface area contributed by atoms with Crippen LogP contribution < -0.4 is 10.1 Å². The molecule has 9 heteroatoms. The van der Waals surface area contributed by atoms with Crippen LogP contribution >= 0.6 is 23.2 Å². The van der Waals surface area contributed by atoms with Gasteiger partial charge in [-0.2, -0.15) is 0 Å². The first-order chi connectivity index (χ1) is 13.9. The molecule has 0 saturated heterocycles. The van der Waals surface area contributed by atoms with Crippen LogP contribution in [-0.4, -0.2) is 48.7 Å². The molecule has 0 radical (unpaired) electrons. The van der Waals surface area contributed by atoms with Crippen LogP contribution in [0.5, 0.6) is 11.5 Å². The fourth-order valence-electron chi connectivity index (χ4n) is 2.78. The average molecular weight is 437 g/mol. The Morgan fingerprint density at radius 1 is 1.21 bits per heavy atom. The maximum absolute atomic E-state index is 12.5. The van der Waals surface area contributed by atoms with Gasteiger partial charge in [0.25, 0.3) is 5.91 Å². The van der Waals surface area contributed by atoms with Gasteiger partial charge < -0.3 is 24.8 Å². The SMILES string of the molecule is COC(=O)C1=C(Nc2ccc(Oc3ccc(Cl)cc3Cl)cc2)C(=O)N(CCO)C1. The van der Waals surface area contributed by atoms with Gasteiger partial charge in [0, 0.05) is 17.3 Å². The molecule has 0 aliphatic carbocycles. The lowest BCUT2D eigenvalue weighted by molar-refractivity contribution is -0.136. The van der Waals surface area contributed by atoms with E-state index in [0.29, 0.717) is 27.2 Å². The monoisotopic (exact) mass is 436 g/mol. The fraction of sp³-hybridized carbons (Fsp3) is 0.200. The molecular formula is C20H18Cl2N2O5. The largest absolute Gasteiger partial charge is 0.466 e. The van der Waals surface area contributed by atoms with Crippen molar-refractivity contribution in [1.29, 1.82) is 0 Å². The number of carbonyl (C=O) groups excluding carboxylic acids is 2. The van der Waals surface area contributed by atoms with Gasteiger partial charge >= 0.3 is 5.97 Å². The molecule has 29 heavy (non-hydrogen) atoms. The Kier molecular flexibility index (Phi) is 6.64. The Bertz CT molecular complexity index is 960. The number of nitrogens with one attached hydrogen (secondary N) is 1. The summed E-state index contributed by atoms with van der Waals surface area (Å²) in [7, 11) is 1.25. The van der Waals surface area contributed by atoms with Crippen LogP contribution in [0.1, 0.15) is 0 Å². The molecular weight excluding hydrogens is 419 g/mol. The molecule has 2 aromatic carbocycles. The highest BCUT2D eigenvalue weighted by Crippen LogP contribution is 2.32. The van der Waals surface area contributed by atoms with Crippen molar-refractivity contribution in [3.8, 4) is 11.5 Å². The lowest BCUT2D eigenvalue weighted by Gasteiger charge is -2.15. The van der Waals surface area contributed by atoms with Crippen molar-refractivity contribution >= 4 is 40.8 Å². The second kappa shape index (κ2) is 9.17. The van der Waals surface area contributed by atoms with Crippen LogP contribution in [-0.2, 0) is 14.3 Å². The highest BCUT2D eigenvalue weighted by Gasteiger charge is 2.34. The number of anilines is 1. The van der Waals surface area contributed by atoms with Crippen molar-refractivity contribution in [2.24, 2.45) is 0 Å². The summed E-state index contributed by atoms with van der Waals surface area (Å²) in [5, 5.41) is 13.0. The first-order valence-electron chi connectivity index (χ1n) is 8.64. The van der Waals surface area contributed by atoms with E-state index in [1.54, 1.807) is 42.5 Å². The lowest BCUT2D eigenvalue weighted by Crippen LogP contribution is -2.31. The zero-order valence-electron chi connectivity index (χ0n) is 15.4. The van der Waals surface area contributed by atoms with Crippen molar-refractivity contribution in [1.82, 2.24) is 4.90 Å². The molecule has 0 aromatic heterocycles. The molecule has 7 nitrogen and oxygen atoms in total. The van der Waals surface area contributed by atoms with Crippen LogP contribution in [0.25, 0.3) is 0 Å². The second-order valence-corrected chi connectivity index (χ2v) is 6.97. The summed E-state index contributed by atoms with van der Waals surface area (Å²) < 4.78 is 10.5. The number of benzene rings is 2. The van der Waals surface area contributed by atoms with Gasteiger partial charge in [0.05, 0.1) is 30.9 Å². The minimum Gasteiger partial charge on any atom is -0.466 e. The summed E-state index contributed by atoms with van der Waals surface area (Å²) in [6, 6.07) is 11.7. The minimum absolute atomic E-state index is 0.0741. The van der Waals surface area contributed by atoms with Crippen LogP contribution in [0.4, 0.5) is 5.69 Å². The number of esters is 1. The molecule has 1 heterocycles. The standard InChI is InChI=1S/C20H18Cl2N2O5/c1-28-20(27)15-11-24(8-9-25)19(26)18(15)23-13-3-5-14(6-4-13)29-17-7-2-12(21)10-16(17)22/h2-7,10,23,25H,8-9,11H2,1H3. The van der Waals surface area contributed by atoms with Crippen LogP contribution in [0, 0.1) is 0 Å². The van der Waals surface area contributed by atoms with Gasteiger partial charge in [-0.25, -0.2) is 4.79 Å². The molecule has 152 valence electrons. The summed E-state index contributed by atoms with van der Waals surface area (Å²) in [5.74, 6) is 0.00558. The topological polar surface area (TPSA) is 88.1 Å². The van der Waals surface area contributed by atoms with Gasteiger partial charge in [-0.1, -0.05) is 23.2 Å². The first kappa shape index (κ1) is 21.0. The van der Waals surface area contributed by atoms with E-state index in [-0.39, 0.29) is 36.9 Å². The molecule has 0 spiro atoms. The van der Waals surface area contributed by atoms with Crippen molar-refractivity contribution < 1.29 is 24.2 Å². The molecule has 1 aliphatic rings. The summed E-state index contributed by atoms with van der Waals surface area (Å²) in [6.07, 6.45) is 0. The molecule has 0 atom stereocenters. The molecule has 0 fully saturated rings. The minimum atomic E-state index is -0.598. The van der Waals surface area contributed by atoms with E-state index in [1.165, 1.54) is 12.0 Å². The fourth-order valence-corrected chi connectivity index (χ4v) is 3.23. The summed E-state index contributed by atoms with van der Waals surface area (Å²) >= 11 is 12.0. The number of hydrogen-bond donors (Lipinski definition) is 2. The van der Waals surface area contributed by atoms with Crippen LogP contribution in [0.2, 0.25) is 10.0 Å². The molecule has 0 bridgehead atoms. The number of carbonyl (C=O) groups is 2.